The minimum absolute atomic E-state index is 0.216. The summed E-state index contributed by atoms with van der Waals surface area (Å²) in [6, 6.07) is 12.3. The van der Waals surface area contributed by atoms with Gasteiger partial charge in [0.25, 0.3) is 0 Å². The Hall–Kier alpha value is -1.65. The molecule has 1 heterocycles. The van der Waals surface area contributed by atoms with E-state index in [9.17, 15) is 5.11 Å². The van der Waals surface area contributed by atoms with Gasteiger partial charge in [-0.25, -0.2) is 0 Å². The van der Waals surface area contributed by atoms with Gasteiger partial charge in [0.1, 0.15) is 0 Å². The lowest BCUT2D eigenvalue weighted by Crippen LogP contribution is -2.29. The van der Waals surface area contributed by atoms with Crippen molar-refractivity contribution in [1.29, 1.82) is 0 Å². The Kier molecular flexibility index (Phi) is 5.96. The molecule has 4 heteroatoms. The number of nitrogens with zero attached hydrogens (tertiary/aromatic N) is 2. The van der Waals surface area contributed by atoms with Crippen LogP contribution in [0.2, 0.25) is 0 Å². The molecule has 2 aromatic rings. The van der Waals surface area contributed by atoms with Gasteiger partial charge in [-0.15, -0.1) is 0 Å². The predicted molar refractivity (Wildman–Crippen MR) is 86.1 cm³/mol. The maximum atomic E-state index is 9.62. The van der Waals surface area contributed by atoms with E-state index in [1.54, 1.807) is 0 Å². The van der Waals surface area contributed by atoms with Crippen molar-refractivity contribution in [2.75, 3.05) is 20.1 Å². The highest BCUT2D eigenvalue weighted by Crippen LogP contribution is 2.17. The van der Waals surface area contributed by atoms with Crippen LogP contribution in [-0.2, 0) is 6.42 Å². The van der Waals surface area contributed by atoms with E-state index in [-0.39, 0.29) is 6.10 Å². The summed E-state index contributed by atoms with van der Waals surface area (Å²) in [5, 5.41) is 17.1. The minimum Gasteiger partial charge on any atom is -0.392 e. The van der Waals surface area contributed by atoms with Crippen molar-refractivity contribution in [3.63, 3.8) is 0 Å². The molecule has 0 aliphatic rings. The molecule has 21 heavy (non-hydrogen) atoms. The molecule has 0 saturated heterocycles. The molecule has 0 amide bonds. The second-order valence-corrected chi connectivity index (χ2v) is 5.57. The van der Waals surface area contributed by atoms with E-state index in [2.05, 4.69) is 40.3 Å². The molecule has 4 nitrogen and oxygen atoms in total. The second-order valence-electron chi connectivity index (χ2n) is 5.57. The summed E-state index contributed by atoms with van der Waals surface area (Å²) in [5.74, 6) is 0. The van der Waals surface area contributed by atoms with Gasteiger partial charge in [-0.1, -0.05) is 37.3 Å². The molecule has 2 N–H and O–H groups in total. The number of aliphatic hydroxyl groups is 1. The zero-order valence-electron chi connectivity index (χ0n) is 12.9. The Labute approximate surface area is 126 Å². The molecule has 0 aliphatic carbocycles. The van der Waals surface area contributed by atoms with Crippen LogP contribution in [0.5, 0.6) is 0 Å². The summed E-state index contributed by atoms with van der Waals surface area (Å²) in [5.41, 5.74) is 3.31. The number of nitrogens with one attached hydrogen (secondary N) is 1. The molecule has 114 valence electrons. The maximum absolute atomic E-state index is 9.62. The molecular formula is C17H25N3O. The van der Waals surface area contributed by atoms with Gasteiger partial charge >= 0.3 is 0 Å². The van der Waals surface area contributed by atoms with Crippen LogP contribution in [0.15, 0.2) is 36.4 Å². The topological polar surface area (TPSA) is 52.1 Å². The molecule has 2 rings (SSSR count). The van der Waals surface area contributed by atoms with Gasteiger partial charge < -0.3 is 10.0 Å². The SMILES string of the molecule is CCC(O)CN(C)CCCc1cc(-c2ccccc2)n[nH]1. The van der Waals surface area contributed by atoms with Crippen LogP contribution in [0.4, 0.5) is 0 Å². The van der Waals surface area contributed by atoms with Gasteiger partial charge in [0, 0.05) is 17.8 Å². The smallest absolute Gasteiger partial charge is 0.0923 e. The highest BCUT2D eigenvalue weighted by Gasteiger charge is 2.07. The third-order valence-electron chi connectivity index (χ3n) is 3.68. The standard InChI is InChI=1S/C17H25N3O/c1-3-16(21)13-20(2)11-7-10-15-12-17(19-18-15)14-8-5-4-6-9-14/h4-6,8-9,12,16,21H,3,7,10-11,13H2,1-2H3,(H,18,19). The van der Waals surface area contributed by atoms with Crippen molar-refractivity contribution >= 4 is 0 Å². The zero-order chi connectivity index (χ0) is 15.1. The number of aromatic amines is 1. The first-order chi connectivity index (χ1) is 10.2. The Morgan fingerprint density at radius 1 is 1.29 bits per heavy atom. The molecular weight excluding hydrogens is 262 g/mol. The molecule has 1 aromatic carbocycles. The molecule has 0 aliphatic heterocycles. The maximum Gasteiger partial charge on any atom is 0.0923 e. The average molecular weight is 287 g/mol. The van der Waals surface area contributed by atoms with E-state index in [0.29, 0.717) is 0 Å². The van der Waals surface area contributed by atoms with Gasteiger partial charge in [0.15, 0.2) is 0 Å². The number of aromatic nitrogens is 2. The number of rotatable bonds is 8. The third kappa shape index (κ3) is 4.99. The Bertz CT molecular complexity index is 524. The first-order valence-corrected chi connectivity index (χ1v) is 7.65. The molecule has 0 spiro atoms. The first-order valence-electron chi connectivity index (χ1n) is 7.65. The Morgan fingerprint density at radius 2 is 2.05 bits per heavy atom. The fourth-order valence-electron chi connectivity index (χ4n) is 2.37. The van der Waals surface area contributed by atoms with Crippen molar-refractivity contribution < 1.29 is 5.11 Å². The van der Waals surface area contributed by atoms with E-state index in [1.165, 1.54) is 5.69 Å². The number of H-pyrrole nitrogens is 1. The summed E-state index contributed by atoms with van der Waals surface area (Å²) < 4.78 is 0. The van der Waals surface area contributed by atoms with Crippen molar-refractivity contribution in [3.05, 3.63) is 42.1 Å². The number of hydrogen-bond donors (Lipinski definition) is 2. The predicted octanol–water partition coefficient (Wildman–Crippen LogP) is 2.71. The largest absolute Gasteiger partial charge is 0.392 e. The van der Waals surface area contributed by atoms with Gasteiger partial charge in [-0.05, 0) is 38.9 Å². The minimum atomic E-state index is -0.216. The summed E-state index contributed by atoms with van der Waals surface area (Å²) in [7, 11) is 2.06. The molecule has 0 bridgehead atoms. The number of aryl methyl sites for hydroxylation is 1. The van der Waals surface area contributed by atoms with Crippen LogP contribution < -0.4 is 0 Å². The summed E-state index contributed by atoms with van der Waals surface area (Å²) >= 11 is 0. The third-order valence-corrected chi connectivity index (χ3v) is 3.68. The number of benzene rings is 1. The van der Waals surface area contributed by atoms with E-state index in [4.69, 9.17) is 0 Å². The van der Waals surface area contributed by atoms with Crippen LogP contribution in [-0.4, -0.2) is 46.4 Å². The molecule has 0 fully saturated rings. The first kappa shape index (κ1) is 15.7. The molecule has 1 aromatic heterocycles. The van der Waals surface area contributed by atoms with Gasteiger partial charge in [-0.3, -0.25) is 5.10 Å². The highest BCUT2D eigenvalue weighted by atomic mass is 16.3. The highest BCUT2D eigenvalue weighted by molar-refractivity contribution is 5.58. The lowest BCUT2D eigenvalue weighted by atomic mass is 10.1. The molecule has 0 radical (unpaired) electrons. The van der Waals surface area contributed by atoms with Crippen LogP contribution in [0.1, 0.15) is 25.5 Å². The van der Waals surface area contributed by atoms with E-state index in [1.807, 2.05) is 25.1 Å². The lowest BCUT2D eigenvalue weighted by Gasteiger charge is -2.19. The van der Waals surface area contributed by atoms with Gasteiger partial charge in [0.2, 0.25) is 0 Å². The quantitative estimate of drug-likeness (QED) is 0.785. The Balaban J connectivity index is 1.78. The van der Waals surface area contributed by atoms with E-state index >= 15 is 0 Å². The van der Waals surface area contributed by atoms with E-state index < -0.39 is 0 Å². The molecule has 1 atom stereocenters. The van der Waals surface area contributed by atoms with Crippen LogP contribution in [0, 0.1) is 0 Å². The van der Waals surface area contributed by atoms with Gasteiger partial charge in [0.05, 0.1) is 11.8 Å². The van der Waals surface area contributed by atoms with Crippen LogP contribution in [0.3, 0.4) is 0 Å². The van der Waals surface area contributed by atoms with Crippen molar-refractivity contribution in [2.45, 2.75) is 32.3 Å². The summed E-state index contributed by atoms with van der Waals surface area (Å²) in [4.78, 5) is 2.18. The second kappa shape index (κ2) is 7.96. The number of likely N-dealkylation sites (N-methyl/N-ethyl adjacent to an activating group) is 1. The fourth-order valence-corrected chi connectivity index (χ4v) is 2.37. The van der Waals surface area contributed by atoms with Crippen LogP contribution in [0.25, 0.3) is 11.3 Å². The number of hydrogen-bond acceptors (Lipinski definition) is 3. The molecule has 1 unspecified atom stereocenters. The molecule has 0 saturated carbocycles. The lowest BCUT2D eigenvalue weighted by molar-refractivity contribution is 0.122. The van der Waals surface area contributed by atoms with Gasteiger partial charge in [-0.2, -0.15) is 5.10 Å². The zero-order valence-corrected chi connectivity index (χ0v) is 12.9. The van der Waals surface area contributed by atoms with E-state index in [0.717, 1.165) is 43.6 Å². The van der Waals surface area contributed by atoms with Crippen molar-refractivity contribution in [3.8, 4) is 11.3 Å². The van der Waals surface area contributed by atoms with Crippen LogP contribution >= 0.6 is 0 Å². The number of aliphatic hydroxyl groups excluding tert-OH is 1. The monoisotopic (exact) mass is 287 g/mol. The van der Waals surface area contributed by atoms with Crippen molar-refractivity contribution in [1.82, 2.24) is 15.1 Å². The Morgan fingerprint density at radius 3 is 2.76 bits per heavy atom. The fraction of sp³-hybridized carbons (Fsp3) is 0.471. The van der Waals surface area contributed by atoms with Crippen molar-refractivity contribution in [2.24, 2.45) is 0 Å². The normalized spacial score (nSPS) is 12.8. The summed E-state index contributed by atoms with van der Waals surface area (Å²) in [6.45, 7) is 3.74. The average Bonchev–Trinajstić information content (AvgIpc) is 2.97. The summed E-state index contributed by atoms with van der Waals surface area (Å²) in [6.07, 6.45) is 2.63.